The smallest absolute Gasteiger partial charge is 0.487 e. The molecule has 1 aliphatic rings. The van der Waals surface area contributed by atoms with E-state index in [9.17, 15) is 43.4 Å². The first-order chi connectivity index (χ1) is 28.3. The van der Waals surface area contributed by atoms with Crippen LogP contribution in [-0.2, 0) is 42.9 Å². The van der Waals surface area contributed by atoms with Crippen molar-refractivity contribution in [2.24, 2.45) is 0 Å². The van der Waals surface area contributed by atoms with E-state index in [0.29, 0.717) is 50.3 Å². The van der Waals surface area contributed by atoms with Crippen LogP contribution < -0.4 is 37.3 Å². The number of benzene rings is 2. The number of aryl methyl sites for hydroxylation is 1. The molecule has 326 valence electrons. The summed E-state index contributed by atoms with van der Waals surface area (Å²) in [4.78, 5) is 63.8. The Morgan fingerprint density at radius 3 is 2.17 bits per heavy atom. The van der Waals surface area contributed by atoms with Gasteiger partial charge in [0.15, 0.2) is 23.2 Å². The number of unbranched alkanes of at least 4 members (excludes halogenated alkanes) is 3. The molecule has 2 aromatic carbocycles. The zero-order chi connectivity index (χ0) is 43.4. The molecule has 1 fully saturated rings. The molecule has 1 amide bonds. The fraction of sp³-hybridized carbons (Fsp3) is 0.424. The SMILES string of the molecule is Nc1ccc2cc3ccc(N)cc3[n+](CCCC(=O)NCCCCCCNc3nc4c(N)ncnc4n3[C@@H]3O[C@H](COP(=O)(O)OP(=O)(O)OP(=O)([O-])O)[C@@H](O)[C@H]3O)c2c1. The van der Waals surface area contributed by atoms with E-state index in [-0.39, 0.29) is 28.8 Å². The molecule has 0 spiro atoms. The number of phosphoric ester groups is 1. The van der Waals surface area contributed by atoms with Crippen molar-refractivity contribution in [2.75, 3.05) is 42.2 Å². The van der Waals surface area contributed by atoms with Gasteiger partial charge in [-0.15, -0.1) is 0 Å². The summed E-state index contributed by atoms with van der Waals surface area (Å²) >= 11 is 0. The second-order valence-corrected chi connectivity index (χ2v) is 18.3. The Morgan fingerprint density at radius 2 is 1.52 bits per heavy atom. The van der Waals surface area contributed by atoms with Crippen LogP contribution in [0.2, 0.25) is 0 Å². The second-order valence-electron chi connectivity index (χ2n) is 13.9. The lowest BCUT2D eigenvalue weighted by molar-refractivity contribution is -0.645. The van der Waals surface area contributed by atoms with Crippen molar-refractivity contribution < 1.29 is 70.7 Å². The monoisotopic (exact) mass is 898 g/mol. The van der Waals surface area contributed by atoms with Crippen molar-refractivity contribution in [2.45, 2.75) is 69.6 Å². The maximum Gasteiger partial charge on any atom is 0.487 e. The van der Waals surface area contributed by atoms with Crippen LogP contribution in [0.1, 0.15) is 44.8 Å². The van der Waals surface area contributed by atoms with Crippen LogP contribution in [-0.4, -0.2) is 88.3 Å². The summed E-state index contributed by atoms with van der Waals surface area (Å²) in [6, 6.07) is 13.6. The number of fused-ring (bicyclic) bond motifs is 3. The van der Waals surface area contributed by atoms with E-state index in [1.807, 2.05) is 36.4 Å². The number of phosphoric acid groups is 3. The lowest BCUT2D eigenvalue weighted by Crippen LogP contribution is -2.36. The molecule has 27 heteroatoms. The number of nitrogens with two attached hydrogens (primary N) is 3. The van der Waals surface area contributed by atoms with Gasteiger partial charge in [0.2, 0.25) is 22.9 Å². The van der Waals surface area contributed by atoms with Gasteiger partial charge in [0, 0.05) is 60.2 Å². The molecule has 7 atom stereocenters. The second kappa shape index (κ2) is 18.7. The number of nitrogen functional groups attached to an aromatic ring is 3. The zero-order valence-corrected chi connectivity index (χ0v) is 34.4. The van der Waals surface area contributed by atoms with E-state index in [1.165, 1.54) is 4.57 Å². The largest absolute Gasteiger partial charge is 0.756 e. The number of anilines is 4. The molecule has 0 saturated carbocycles. The number of nitrogens with zero attached hydrogens (tertiary/aromatic N) is 5. The first kappa shape index (κ1) is 45.2. The Bertz CT molecular complexity index is 2450. The lowest BCUT2D eigenvalue weighted by atomic mass is 10.1. The van der Waals surface area contributed by atoms with Crippen molar-refractivity contribution in [3.63, 3.8) is 0 Å². The number of aromatic nitrogens is 5. The third kappa shape index (κ3) is 11.3. The Labute approximate surface area is 341 Å². The van der Waals surface area contributed by atoms with E-state index in [2.05, 4.69) is 49.4 Å². The fourth-order valence-corrected chi connectivity index (χ4v) is 9.73. The van der Waals surface area contributed by atoms with E-state index in [0.717, 1.165) is 47.4 Å². The van der Waals surface area contributed by atoms with Crippen LogP contribution in [0.3, 0.4) is 0 Å². The van der Waals surface area contributed by atoms with Gasteiger partial charge in [-0.2, -0.15) is 8.88 Å². The van der Waals surface area contributed by atoms with Crippen LogP contribution in [0.5, 0.6) is 0 Å². The summed E-state index contributed by atoms with van der Waals surface area (Å²) in [5.74, 6) is 0.0505. The first-order valence-corrected chi connectivity index (χ1v) is 23.0. The molecule has 0 radical (unpaired) electrons. The quantitative estimate of drug-likeness (QED) is 0.0172. The van der Waals surface area contributed by atoms with Gasteiger partial charge in [-0.05, 0) is 43.2 Å². The fourth-order valence-electron chi connectivity index (χ4n) is 6.73. The number of carbonyl (C=O) groups excluding carboxylic acids is 1. The minimum absolute atomic E-state index is 0.00697. The van der Waals surface area contributed by atoms with Crippen molar-refractivity contribution >= 4 is 85.5 Å². The Balaban J connectivity index is 0.966. The van der Waals surface area contributed by atoms with Crippen molar-refractivity contribution in [1.29, 1.82) is 0 Å². The summed E-state index contributed by atoms with van der Waals surface area (Å²) in [6.45, 7) is 0.431. The molecule has 6 rings (SSSR count). The third-order valence-corrected chi connectivity index (χ3v) is 13.2. The van der Waals surface area contributed by atoms with Crippen molar-refractivity contribution in [1.82, 2.24) is 24.8 Å². The summed E-state index contributed by atoms with van der Waals surface area (Å²) in [5.41, 5.74) is 21.6. The number of hydrogen-bond donors (Lipinski definition) is 10. The topological polar surface area (TPSA) is 379 Å². The highest BCUT2D eigenvalue weighted by atomic mass is 31.3. The van der Waals surface area contributed by atoms with Gasteiger partial charge in [-0.25, -0.2) is 28.4 Å². The third-order valence-electron chi connectivity index (χ3n) is 9.41. The number of amides is 1. The molecule has 5 aromatic rings. The summed E-state index contributed by atoms with van der Waals surface area (Å²) in [6.07, 6.45) is -1.48. The van der Waals surface area contributed by atoms with Crippen molar-refractivity contribution in [3.8, 4) is 0 Å². The summed E-state index contributed by atoms with van der Waals surface area (Å²) in [7, 11) is -17.3. The zero-order valence-electron chi connectivity index (χ0n) is 31.7. The maximum absolute atomic E-state index is 12.7. The van der Waals surface area contributed by atoms with Crippen LogP contribution in [0, 0.1) is 0 Å². The summed E-state index contributed by atoms with van der Waals surface area (Å²) in [5, 5.41) is 29.8. The number of aliphatic hydroxyl groups is 2. The van der Waals surface area contributed by atoms with E-state index >= 15 is 0 Å². The predicted molar refractivity (Wildman–Crippen MR) is 213 cm³/mol. The molecule has 3 aromatic heterocycles. The lowest BCUT2D eigenvalue weighted by Gasteiger charge is -2.21. The summed E-state index contributed by atoms with van der Waals surface area (Å²) < 4.78 is 55.6. The molecule has 24 nitrogen and oxygen atoms in total. The Hall–Kier alpha value is -4.38. The molecule has 1 saturated heterocycles. The van der Waals surface area contributed by atoms with Crippen LogP contribution in [0.15, 0.2) is 48.8 Å². The number of nitrogens with one attached hydrogen (secondary N) is 2. The first-order valence-electron chi connectivity index (χ1n) is 18.5. The van der Waals surface area contributed by atoms with E-state index in [4.69, 9.17) is 26.8 Å². The van der Waals surface area contributed by atoms with Gasteiger partial charge >= 0.3 is 15.6 Å². The highest BCUT2D eigenvalue weighted by Crippen LogP contribution is 2.65. The number of rotatable bonds is 20. The van der Waals surface area contributed by atoms with E-state index in [1.54, 1.807) is 0 Å². The van der Waals surface area contributed by atoms with Gasteiger partial charge in [0.05, 0.1) is 6.61 Å². The molecular weight excluding hydrogens is 853 g/mol. The number of pyridine rings is 1. The highest BCUT2D eigenvalue weighted by molar-refractivity contribution is 7.66. The van der Waals surface area contributed by atoms with Crippen molar-refractivity contribution in [3.05, 3.63) is 48.8 Å². The number of carbonyl (C=O) groups is 1. The average molecular weight is 899 g/mol. The molecule has 0 bridgehead atoms. The number of imidazole rings is 1. The van der Waals surface area contributed by atoms with Crippen LogP contribution >= 0.6 is 23.5 Å². The van der Waals surface area contributed by atoms with Gasteiger partial charge < -0.3 is 62.4 Å². The molecular formula is C33H45N10O14P3. The number of ether oxygens (including phenoxy) is 1. The standard InChI is InChI=1S/C33H45N10O14P3/c34-21-9-7-19-14-20-8-10-22(35)16-24(20)42(23(19)15-21)13-5-6-26(44)37-11-3-1-2-4-12-38-33-41-27-30(36)39-18-40-31(27)43(33)32-29(46)28(45)25(55-32)17-54-59(50,51)57-60(52,53)56-58(47,48)49/h7-10,14-16,18,25,28-29,32,45-46H,1-6,11-13,17H2,(H11,34,35,36,37,38,39,40,41,44,47,48,49,50,51,52,53)/t25-,28-,29-,32-/m1/s1. The van der Waals surface area contributed by atoms with Crippen LogP contribution in [0.25, 0.3) is 33.0 Å². The average Bonchev–Trinajstić information content (AvgIpc) is 3.66. The minimum Gasteiger partial charge on any atom is -0.756 e. The minimum atomic E-state index is -5.87. The van der Waals surface area contributed by atoms with Gasteiger partial charge in [0.1, 0.15) is 31.2 Å². The molecule has 3 unspecified atom stereocenters. The van der Waals surface area contributed by atoms with Crippen LogP contribution in [0.4, 0.5) is 23.1 Å². The number of aliphatic hydroxyl groups excluding tert-OH is 2. The Morgan fingerprint density at radius 1 is 0.867 bits per heavy atom. The maximum atomic E-state index is 12.7. The molecule has 4 heterocycles. The normalized spacial score (nSPS) is 21.2. The predicted octanol–water partition coefficient (Wildman–Crippen LogP) is 1.07. The van der Waals surface area contributed by atoms with E-state index < -0.39 is 54.6 Å². The number of hydrogen-bond acceptors (Lipinski definition) is 18. The van der Waals surface area contributed by atoms with Gasteiger partial charge in [-0.3, -0.25) is 18.5 Å². The molecule has 60 heavy (non-hydrogen) atoms. The molecule has 0 aliphatic carbocycles. The highest BCUT2D eigenvalue weighted by Gasteiger charge is 2.47. The van der Waals surface area contributed by atoms with Gasteiger partial charge in [-0.1, -0.05) is 12.8 Å². The molecule has 1 aliphatic heterocycles. The van der Waals surface area contributed by atoms with Gasteiger partial charge in [0.25, 0.3) is 7.82 Å². The Kier molecular flexibility index (Phi) is 14.1. The molecule has 13 N–H and O–H groups in total.